The molecule has 0 saturated heterocycles. The van der Waals surface area contributed by atoms with Crippen LogP contribution in [0.3, 0.4) is 0 Å². The van der Waals surface area contributed by atoms with Crippen molar-refractivity contribution in [3.05, 3.63) is 97.2 Å². The lowest BCUT2D eigenvalue weighted by atomic mass is 10.0. The summed E-state index contributed by atoms with van der Waals surface area (Å²) in [5, 5.41) is 0. The van der Waals surface area contributed by atoms with Gasteiger partial charge in [-0.15, -0.1) is 0 Å². The number of carbonyl (C=O) groups excluding carboxylic acids is 3. The average molecular weight is 1060 g/mol. The standard InChI is InChI=1S/C70H120O6/c1-4-7-10-13-16-19-22-25-28-30-31-32-33-34-35-36-37-38-39-41-42-45-48-51-54-57-60-63-69(72)75-66-67(65-74-68(71)62-59-56-53-50-47-44-27-24-21-18-15-12-9-6-3)76-70(73)64-61-58-55-52-49-46-43-40-29-26-23-20-17-14-11-8-5-2/h7-8,10-11,16-17,19-20,25-26,28-29,31-32,43,46,67H,4-6,9,12-15,18,21-24,27,30,33-42,44-45,47-66H2,1-3H3/b10-7-,11-8-,19-16-,20-17-,28-25-,29-26-,32-31-,46-43-. The minimum Gasteiger partial charge on any atom is -0.462 e. The van der Waals surface area contributed by atoms with Gasteiger partial charge in [-0.3, -0.25) is 14.4 Å². The Morgan fingerprint density at radius 3 is 0.803 bits per heavy atom. The lowest BCUT2D eigenvalue weighted by Crippen LogP contribution is -2.30. The van der Waals surface area contributed by atoms with Gasteiger partial charge in [0.05, 0.1) is 0 Å². The van der Waals surface area contributed by atoms with E-state index in [0.717, 1.165) is 122 Å². The van der Waals surface area contributed by atoms with Crippen LogP contribution in [0.5, 0.6) is 0 Å². The average Bonchev–Trinajstić information content (AvgIpc) is 3.42. The molecule has 0 aliphatic heterocycles. The zero-order valence-corrected chi connectivity index (χ0v) is 50.0. The molecule has 76 heavy (non-hydrogen) atoms. The molecule has 0 aliphatic carbocycles. The molecule has 0 bridgehead atoms. The van der Waals surface area contributed by atoms with E-state index in [1.54, 1.807) is 0 Å². The molecule has 0 saturated carbocycles. The minimum atomic E-state index is -0.790. The second-order valence-electron chi connectivity index (χ2n) is 21.3. The van der Waals surface area contributed by atoms with Crippen LogP contribution in [0.2, 0.25) is 0 Å². The van der Waals surface area contributed by atoms with Crippen molar-refractivity contribution < 1.29 is 28.6 Å². The summed E-state index contributed by atoms with van der Waals surface area (Å²) in [4.78, 5) is 38.3. The summed E-state index contributed by atoms with van der Waals surface area (Å²) in [5.41, 5.74) is 0. The molecule has 6 heteroatoms. The molecule has 0 aromatic carbocycles. The minimum absolute atomic E-state index is 0.0842. The van der Waals surface area contributed by atoms with Gasteiger partial charge in [-0.1, -0.05) is 291 Å². The predicted octanol–water partition coefficient (Wildman–Crippen LogP) is 22.0. The summed E-state index contributed by atoms with van der Waals surface area (Å²) in [5.74, 6) is -0.897. The second kappa shape index (κ2) is 63.9. The van der Waals surface area contributed by atoms with Crippen molar-refractivity contribution in [3.63, 3.8) is 0 Å². The first kappa shape index (κ1) is 72.3. The molecule has 0 spiro atoms. The maximum atomic E-state index is 12.9. The summed E-state index contributed by atoms with van der Waals surface area (Å²) in [6.45, 7) is 6.42. The first-order valence-corrected chi connectivity index (χ1v) is 32.2. The zero-order chi connectivity index (χ0) is 55.0. The first-order chi connectivity index (χ1) is 37.5. The van der Waals surface area contributed by atoms with Crippen LogP contribution in [-0.4, -0.2) is 37.2 Å². The van der Waals surface area contributed by atoms with E-state index < -0.39 is 6.10 Å². The Balaban J connectivity index is 4.30. The van der Waals surface area contributed by atoms with Crippen molar-refractivity contribution >= 4 is 17.9 Å². The number of allylic oxidation sites excluding steroid dienone is 16. The number of hydrogen-bond acceptors (Lipinski definition) is 6. The van der Waals surface area contributed by atoms with Crippen molar-refractivity contribution in [1.29, 1.82) is 0 Å². The highest BCUT2D eigenvalue weighted by atomic mass is 16.6. The Morgan fingerprint density at radius 2 is 0.513 bits per heavy atom. The van der Waals surface area contributed by atoms with E-state index >= 15 is 0 Å². The van der Waals surface area contributed by atoms with E-state index in [1.165, 1.54) is 148 Å². The SMILES string of the molecule is CC/C=C\C/C=C\C/C=C\C/C=C\CCCCCCCCCCCCCCCCC(=O)OCC(COC(=O)CCCCCCCCCCCCCCCC)OC(=O)CCCCCC/C=C\C/C=C\C/C=C\C/C=C\CC. The molecule has 0 aromatic rings. The normalized spacial score (nSPS) is 12.7. The summed E-state index contributed by atoms with van der Waals surface area (Å²) in [6, 6.07) is 0. The summed E-state index contributed by atoms with van der Waals surface area (Å²) in [7, 11) is 0. The molecule has 0 N–H and O–H groups in total. The van der Waals surface area contributed by atoms with E-state index in [0.29, 0.717) is 19.3 Å². The van der Waals surface area contributed by atoms with Crippen LogP contribution in [-0.2, 0) is 28.6 Å². The van der Waals surface area contributed by atoms with Crippen LogP contribution in [0.25, 0.3) is 0 Å². The van der Waals surface area contributed by atoms with E-state index in [1.807, 2.05) is 0 Å². The summed E-state index contributed by atoms with van der Waals surface area (Å²) >= 11 is 0. The molecule has 0 heterocycles. The highest BCUT2D eigenvalue weighted by molar-refractivity contribution is 5.71. The Morgan fingerprint density at radius 1 is 0.276 bits per heavy atom. The highest BCUT2D eigenvalue weighted by Gasteiger charge is 2.19. The van der Waals surface area contributed by atoms with E-state index in [2.05, 4.69) is 118 Å². The molecule has 0 rings (SSSR count). The van der Waals surface area contributed by atoms with Crippen molar-refractivity contribution in [2.45, 2.75) is 316 Å². The molecule has 0 amide bonds. The lowest BCUT2D eigenvalue weighted by Gasteiger charge is -2.18. The monoisotopic (exact) mass is 1060 g/mol. The van der Waals surface area contributed by atoms with Crippen molar-refractivity contribution in [1.82, 2.24) is 0 Å². The molecular weight excluding hydrogens is 937 g/mol. The number of unbranched alkanes of at least 4 members (excludes halogenated alkanes) is 31. The van der Waals surface area contributed by atoms with Crippen LogP contribution < -0.4 is 0 Å². The van der Waals surface area contributed by atoms with Crippen molar-refractivity contribution in [2.24, 2.45) is 0 Å². The van der Waals surface area contributed by atoms with Gasteiger partial charge in [-0.2, -0.15) is 0 Å². The number of ether oxygens (including phenoxy) is 3. The maximum absolute atomic E-state index is 12.9. The number of hydrogen-bond donors (Lipinski definition) is 0. The fraction of sp³-hybridized carbons (Fsp3) is 0.729. The fourth-order valence-electron chi connectivity index (χ4n) is 9.07. The molecule has 0 aromatic heterocycles. The Labute approximate surface area is 470 Å². The van der Waals surface area contributed by atoms with E-state index in [9.17, 15) is 14.4 Å². The van der Waals surface area contributed by atoms with Crippen LogP contribution in [0.1, 0.15) is 310 Å². The molecule has 1 atom stereocenters. The Bertz CT molecular complexity index is 1490. The number of carbonyl (C=O) groups is 3. The summed E-state index contributed by atoms with van der Waals surface area (Å²) < 4.78 is 16.9. The van der Waals surface area contributed by atoms with Gasteiger partial charge < -0.3 is 14.2 Å². The second-order valence-corrected chi connectivity index (χ2v) is 21.3. The van der Waals surface area contributed by atoms with E-state index in [4.69, 9.17) is 14.2 Å². The van der Waals surface area contributed by atoms with Crippen molar-refractivity contribution in [2.75, 3.05) is 13.2 Å². The summed E-state index contributed by atoms with van der Waals surface area (Å²) in [6.07, 6.45) is 85.6. The van der Waals surface area contributed by atoms with Gasteiger partial charge in [0.15, 0.2) is 6.10 Å². The molecule has 0 aliphatic rings. The third-order valence-corrected chi connectivity index (χ3v) is 13.8. The topological polar surface area (TPSA) is 78.9 Å². The highest BCUT2D eigenvalue weighted by Crippen LogP contribution is 2.17. The largest absolute Gasteiger partial charge is 0.462 e. The van der Waals surface area contributed by atoms with Gasteiger partial charge in [0, 0.05) is 19.3 Å². The third kappa shape index (κ3) is 61.2. The fourth-order valence-corrected chi connectivity index (χ4v) is 9.07. The van der Waals surface area contributed by atoms with Crippen molar-refractivity contribution in [3.8, 4) is 0 Å². The van der Waals surface area contributed by atoms with Gasteiger partial charge in [-0.05, 0) is 96.3 Å². The Hall–Kier alpha value is -3.67. The van der Waals surface area contributed by atoms with Gasteiger partial charge >= 0.3 is 17.9 Å². The third-order valence-electron chi connectivity index (χ3n) is 13.8. The van der Waals surface area contributed by atoms with Crippen LogP contribution >= 0.6 is 0 Å². The molecule has 6 nitrogen and oxygen atoms in total. The van der Waals surface area contributed by atoms with E-state index in [-0.39, 0.29) is 31.1 Å². The quantitative estimate of drug-likeness (QED) is 0.0261. The molecule has 0 radical (unpaired) electrons. The molecule has 436 valence electrons. The maximum Gasteiger partial charge on any atom is 0.306 e. The number of esters is 3. The lowest BCUT2D eigenvalue weighted by molar-refractivity contribution is -0.167. The molecular formula is C70H120O6. The number of rotatable bonds is 58. The zero-order valence-electron chi connectivity index (χ0n) is 50.0. The first-order valence-electron chi connectivity index (χ1n) is 32.2. The van der Waals surface area contributed by atoms with Gasteiger partial charge in [-0.25, -0.2) is 0 Å². The van der Waals surface area contributed by atoms with Crippen LogP contribution in [0, 0.1) is 0 Å². The van der Waals surface area contributed by atoms with Crippen LogP contribution in [0.4, 0.5) is 0 Å². The van der Waals surface area contributed by atoms with Gasteiger partial charge in [0.2, 0.25) is 0 Å². The Kier molecular flexibility index (Phi) is 60.8. The molecule has 0 fully saturated rings. The van der Waals surface area contributed by atoms with Gasteiger partial charge in [0.25, 0.3) is 0 Å². The molecule has 1 unspecified atom stereocenters. The smallest absolute Gasteiger partial charge is 0.306 e. The van der Waals surface area contributed by atoms with Crippen LogP contribution in [0.15, 0.2) is 97.2 Å². The van der Waals surface area contributed by atoms with Gasteiger partial charge in [0.1, 0.15) is 13.2 Å². The predicted molar refractivity (Wildman–Crippen MR) is 330 cm³/mol.